The molecular weight excluding hydrogens is 985 g/mol. The molecule has 2 aliphatic rings. The molecule has 448 valence electrons. The van der Waals surface area contributed by atoms with Crippen LogP contribution in [0, 0.1) is 0 Å². The van der Waals surface area contributed by atoms with Gasteiger partial charge in [0, 0.05) is 12.8 Å². The van der Waals surface area contributed by atoms with Gasteiger partial charge in [-0.15, -0.1) is 0 Å². The third kappa shape index (κ3) is 35.0. The number of allylic oxidation sites excluding steroid dienone is 8. The van der Waals surface area contributed by atoms with Crippen molar-refractivity contribution in [2.45, 2.75) is 306 Å². The topological polar surface area (TPSA) is 231 Å². The van der Waals surface area contributed by atoms with Crippen molar-refractivity contribution >= 4 is 11.9 Å². The molecule has 2 rings (SSSR count). The van der Waals surface area contributed by atoms with Gasteiger partial charge in [0.05, 0.1) is 19.8 Å². The van der Waals surface area contributed by atoms with Crippen molar-refractivity contribution in [1.29, 1.82) is 0 Å². The summed E-state index contributed by atoms with van der Waals surface area (Å²) >= 11 is 0. The lowest BCUT2D eigenvalue weighted by Gasteiger charge is -2.42. The molecule has 0 saturated carbocycles. The number of unbranched alkanes of at least 4 members (excludes halogenated alkanes) is 27. The molecular formula is C62H110O15. The largest absolute Gasteiger partial charge is 0.462 e. The lowest BCUT2D eigenvalue weighted by molar-refractivity contribution is -0.332. The fraction of sp³-hybridized carbons (Fsp3) is 0.839. The first-order valence-electron chi connectivity index (χ1n) is 30.7. The van der Waals surface area contributed by atoms with Gasteiger partial charge in [-0.2, -0.15) is 0 Å². The first-order valence-corrected chi connectivity index (χ1v) is 30.7. The third-order valence-corrected chi connectivity index (χ3v) is 14.6. The van der Waals surface area contributed by atoms with E-state index in [9.17, 15) is 45.3 Å². The number of hydrogen-bond acceptors (Lipinski definition) is 15. The van der Waals surface area contributed by atoms with Gasteiger partial charge in [-0.1, -0.05) is 223 Å². The highest BCUT2D eigenvalue weighted by Gasteiger charge is 2.47. The van der Waals surface area contributed by atoms with Gasteiger partial charge >= 0.3 is 11.9 Å². The number of aliphatic hydroxyl groups excluding tert-OH is 7. The van der Waals surface area contributed by atoms with Crippen molar-refractivity contribution in [3.05, 3.63) is 48.6 Å². The number of ether oxygens (including phenoxy) is 6. The van der Waals surface area contributed by atoms with E-state index in [0.717, 1.165) is 70.6 Å². The van der Waals surface area contributed by atoms with E-state index in [4.69, 9.17) is 28.4 Å². The van der Waals surface area contributed by atoms with Crippen LogP contribution in [0.4, 0.5) is 0 Å². The Morgan fingerprint density at radius 3 is 1.29 bits per heavy atom. The van der Waals surface area contributed by atoms with Crippen LogP contribution in [0.15, 0.2) is 48.6 Å². The Morgan fingerprint density at radius 2 is 0.818 bits per heavy atom. The van der Waals surface area contributed by atoms with Gasteiger partial charge in [0.15, 0.2) is 18.7 Å². The minimum atomic E-state index is -1.77. The first kappa shape index (κ1) is 70.6. The first-order chi connectivity index (χ1) is 37.5. The van der Waals surface area contributed by atoms with Crippen molar-refractivity contribution in [2.75, 3.05) is 26.4 Å². The van der Waals surface area contributed by atoms with Crippen molar-refractivity contribution in [3.8, 4) is 0 Å². The number of carbonyl (C=O) groups excluding carboxylic acids is 2. The standard InChI is InChI=1S/C62H110O15/c1-3-5-7-9-11-13-15-17-19-21-22-23-24-25-26-27-29-30-32-34-36-38-40-42-44-53(64)72-47-50(75-54(65)45-43-41-39-37-35-33-31-28-20-18-16-14-12-10-8-6-4-2)48-73-61-60(71)58(69)56(67)52(77-61)49-74-62-59(70)57(68)55(66)51(46-63)76-62/h6,8,12,14,18,20,31,33,50-52,55-63,66-71H,3-5,7,9-11,13,15-17,19,21-30,32,34-49H2,1-2H3/b8-6-,14-12-,20-18-,33-31-. The van der Waals surface area contributed by atoms with Crippen LogP contribution in [0.25, 0.3) is 0 Å². The van der Waals surface area contributed by atoms with Crippen molar-refractivity contribution in [1.82, 2.24) is 0 Å². The van der Waals surface area contributed by atoms with Gasteiger partial charge in [-0.05, 0) is 51.4 Å². The van der Waals surface area contributed by atoms with Gasteiger partial charge in [-0.3, -0.25) is 9.59 Å². The van der Waals surface area contributed by atoms with Crippen LogP contribution in [0.2, 0.25) is 0 Å². The lowest BCUT2D eigenvalue weighted by atomic mass is 9.98. The number of carbonyl (C=O) groups is 2. The molecule has 0 aliphatic carbocycles. The Kier molecular flexibility index (Phi) is 44.2. The monoisotopic (exact) mass is 1090 g/mol. The highest BCUT2D eigenvalue weighted by Crippen LogP contribution is 2.27. The van der Waals surface area contributed by atoms with E-state index in [0.29, 0.717) is 12.8 Å². The zero-order chi connectivity index (χ0) is 56.0. The maximum Gasteiger partial charge on any atom is 0.306 e. The molecule has 0 spiro atoms. The van der Waals surface area contributed by atoms with Crippen LogP contribution >= 0.6 is 0 Å². The zero-order valence-electron chi connectivity index (χ0n) is 47.9. The Bertz CT molecular complexity index is 1520. The fourth-order valence-corrected chi connectivity index (χ4v) is 9.62. The summed E-state index contributed by atoms with van der Waals surface area (Å²) in [6.45, 7) is 2.49. The van der Waals surface area contributed by atoms with Gasteiger partial charge < -0.3 is 64.2 Å². The predicted octanol–water partition coefficient (Wildman–Crippen LogP) is 11.0. The number of aliphatic hydroxyl groups is 7. The molecule has 77 heavy (non-hydrogen) atoms. The van der Waals surface area contributed by atoms with Gasteiger partial charge in [0.1, 0.15) is 55.4 Å². The molecule has 15 heteroatoms. The maximum absolute atomic E-state index is 13.1. The molecule has 2 heterocycles. The molecule has 7 N–H and O–H groups in total. The van der Waals surface area contributed by atoms with E-state index >= 15 is 0 Å². The van der Waals surface area contributed by atoms with Gasteiger partial charge in [-0.25, -0.2) is 0 Å². The summed E-state index contributed by atoms with van der Waals surface area (Å²) in [6, 6.07) is 0. The molecule has 15 nitrogen and oxygen atoms in total. The average Bonchev–Trinajstić information content (AvgIpc) is 3.43. The third-order valence-electron chi connectivity index (χ3n) is 14.6. The summed E-state index contributed by atoms with van der Waals surface area (Å²) in [7, 11) is 0. The van der Waals surface area contributed by atoms with Crippen LogP contribution in [-0.2, 0) is 38.0 Å². The lowest BCUT2D eigenvalue weighted by Crippen LogP contribution is -2.61. The van der Waals surface area contributed by atoms with E-state index in [1.165, 1.54) is 128 Å². The summed E-state index contributed by atoms with van der Waals surface area (Å²) in [4.78, 5) is 25.9. The summed E-state index contributed by atoms with van der Waals surface area (Å²) < 4.78 is 33.7. The normalized spacial score (nSPS) is 24.5. The van der Waals surface area contributed by atoms with Crippen LogP contribution in [-0.4, -0.2) is 142 Å². The Hall–Kier alpha value is -2.54. The van der Waals surface area contributed by atoms with Crippen LogP contribution in [0.3, 0.4) is 0 Å². The molecule has 0 aromatic heterocycles. The van der Waals surface area contributed by atoms with Crippen LogP contribution in [0.5, 0.6) is 0 Å². The van der Waals surface area contributed by atoms with Crippen molar-refractivity contribution in [2.24, 2.45) is 0 Å². The SMILES string of the molecule is CC/C=C\C/C=C\C/C=C\C/C=C\CCCCCCC(=O)OC(COC(=O)CCCCCCCCCCCCCCCCCCCCCCCCCC)COC1OC(COC2OC(CO)C(O)C(O)C2O)C(O)C(O)C1O. The summed E-state index contributed by atoms with van der Waals surface area (Å²) in [6.07, 6.45) is 40.0. The minimum absolute atomic E-state index is 0.138. The van der Waals surface area contributed by atoms with E-state index in [2.05, 4.69) is 62.5 Å². The number of hydrogen-bond donors (Lipinski definition) is 7. The molecule has 0 bridgehead atoms. The molecule has 0 aromatic rings. The van der Waals surface area contributed by atoms with Crippen LogP contribution in [0.1, 0.15) is 239 Å². The number of esters is 2. The molecule has 0 aromatic carbocycles. The van der Waals surface area contributed by atoms with E-state index in [1.54, 1.807) is 0 Å². The summed E-state index contributed by atoms with van der Waals surface area (Å²) in [5, 5.41) is 72.3. The molecule has 0 amide bonds. The summed E-state index contributed by atoms with van der Waals surface area (Å²) in [5.74, 6) is -0.944. The van der Waals surface area contributed by atoms with E-state index in [1.807, 2.05) is 0 Å². The molecule has 2 saturated heterocycles. The van der Waals surface area contributed by atoms with Gasteiger partial charge in [0.25, 0.3) is 0 Å². The van der Waals surface area contributed by atoms with Crippen molar-refractivity contribution in [3.63, 3.8) is 0 Å². The quantitative estimate of drug-likeness (QED) is 0.0171. The Labute approximate surface area is 465 Å². The molecule has 2 aliphatic heterocycles. The second kappa shape index (κ2) is 48.2. The smallest absolute Gasteiger partial charge is 0.306 e. The summed E-state index contributed by atoms with van der Waals surface area (Å²) in [5.41, 5.74) is 0. The Morgan fingerprint density at radius 1 is 0.429 bits per heavy atom. The second-order valence-electron chi connectivity index (χ2n) is 21.5. The second-order valence-corrected chi connectivity index (χ2v) is 21.5. The van der Waals surface area contributed by atoms with E-state index in [-0.39, 0.29) is 19.4 Å². The molecule has 2 fully saturated rings. The zero-order valence-corrected chi connectivity index (χ0v) is 47.9. The Balaban J connectivity index is 1.71. The fourth-order valence-electron chi connectivity index (χ4n) is 9.62. The maximum atomic E-state index is 13.1. The molecule has 0 radical (unpaired) electrons. The minimum Gasteiger partial charge on any atom is -0.462 e. The highest BCUT2D eigenvalue weighted by atomic mass is 16.7. The molecule has 11 unspecified atom stereocenters. The van der Waals surface area contributed by atoms with E-state index < -0.39 is 99.3 Å². The van der Waals surface area contributed by atoms with Crippen LogP contribution < -0.4 is 0 Å². The van der Waals surface area contributed by atoms with Crippen molar-refractivity contribution < 1.29 is 73.8 Å². The average molecular weight is 1100 g/mol. The van der Waals surface area contributed by atoms with Gasteiger partial charge in [0.2, 0.25) is 0 Å². The number of rotatable bonds is 49. The predicted molar refractivity (Wildman–Crippen MR) is 303 cm³/mol. The highest BCUT2D eigenvalue weighted by molar-refractivity contribution is 5.70. The molecule has 11 atom stereocenters.